The molecule has 5 rings (SSSR count). The van der Waals surface area contributed by atoms with E-state index in [4.69, 9.17) is 4.74 Å². The number of benzene rings is 2. The predicted molar refractivity (Wildman–Crippen MR) is 126 cm³/mol. The van der Waals surface area contributed by atoms with Gasteiger partial charge in [-0.1, -0.05) is 0 Å². The quantitative estimate of drug-likeness (QED) is 0.424. The van der Waals surface area contributed by atoms with Crippen LogP contribution in [0.15, 0.2) is 59.7 Å². The molecule has 0 atom stereocenters. The first-order valence-corrected chi connectivity index (χ1v) is 10.7. The van der Waals surface area contributed by atoms with Crippen molar-refractivity contribution < 1.29 is 23.1 Å². The van der Waals surface area contributed by atoms with Crippen molar-refractivity contribution in [3.8, 4) is 22.6 Å². The van der Waals surface area contributed by atoms with E-state index in [1.54, 1.807) is 43.8 Å². The molecular formula is C25H20F2N4O4. The fraction of sp³-hybridized carbons (Fsp3) is 0.160. The Hall–Kier alpha value is -4.47. The van der Waals surface area contributed by atoms with Gasteiger partial charge in [-0.2, -0.15) is 0 Å². The Balaban J connectivity index is 1.72. The molecule has 0 saturated carbocycles. The number of hydrogen-bond donors (Lipinski definition) is 2. The number of rotatable bonds is 4. The molecule has 1 fully saturated rings. The van der Waals surface area contributed by atoms with E-state index in [9.17, 15) is 23.2 Å². The number of ether oxygens (including phenoxy) is 1. The minimum atomic E-state index is -1.09. The zero-order valence-corrected chi connectivity index (χ0v) is 19.0. The molecule has 2 aromatic heterocycles. The number of pyridine rings is 1. The Morgan fingerprint density at radius 1 is 0.943 bits per heavy atom. The van der Waals surface area contributed by atoms with Crippen LogP contribution in [0.4, 0.5) is 19.3 Å². The summed E-state index contributed by atoms with van der Waals surface area (Å²) in [5.41, 5.74) is 0.211. The van der Waals surface area contributed by atoms with Gasteiger partial charge in [0.25, 0.3) is 11.5 Å². The lowest BCUT2D eigenvalue weighted by atomic mass is 10.0. The second-order valence-electron chi connectivity index (χ2n) is 8.78. The summed E-state index contributed by atoms with van der Waals surface area (Å²) in [6, 6.07) is 8.61. The van der Waals surface area contributed by atoms with Crippen LogP contribution in [0.25, 0.3) is 22.0 Å². The smallest absolute Gasteiger partial charge is 0.329 e. The lowest BCUT2D eigenvalue weighted by molar-refractivity contribution is -0.121. The molecule has 1 aliphatic heterocycles. The Bertz CT molecular complexity index is 1590. The topological polar surface area (TPSA) is 96.4 Å². The number of anilines is 1. The third-order valence-electron chi connectivity index (χ3n) is 5.89. The molecule has 8 nitrogen and oxygen atoms in total. The Morgan fingerprint density at radius 3 is 2.37 bits per heavy atom. The van der Waals surface area contributed by atoms with Crippen LogP contribution in [-0.2, 0) is 11.8 Å². The summed E-state index contributed by atoms with van der Waals surface area (Å²) in [7, 11) is 1.70. The van der Waals surface area contributed by atoms with Crippen molar-refractivity contribution in [2.45, 2.75) is 19.4 Å². The van der Waals surface area contributed by atoms with Crippen LogP contribution in [0.2, 0.25) is 0 Å². The van der Waals surface area contributed by atoms with Crippen LogP contribution < -0.4 is 20.5 Å². The highest BCUT2D eigenvalue weighted by molar-refractivity contribution is 6.23. The second kappa shape index (κ2) is 7.79. The van der Waals surface area contributed by atoms with Gasteiger partial charge >= 0.3 is 6.03 Å². The predicted octanol–water partition coefficient (Wildman–Crippen LogP) is 4.44. The van der Waals surface area contributed by atoms with Crippen LogP contribution in [-0.4, -0.2) is 27.0 Å². The third-order valence-corrected chi connectivity index (χ3v) is 5.89. The maximum absolute atomic E-state index is 14.4. The molecule has 10 heteroatoms. The fourth-order valence-electron chi connectivity index (χ4n) is 4.20. The number of nitrogens with zero attached hydrogens (tertiary/aromatic N) is 2. The van der Waals surface area contributed by atoms with Crippen molar-refractivity contribution >= 4 is 28.5 Å². The van der Waals surface area contributed by atoms with Gasteiger partial charge in [0.2, 0.25) is 0 Å². The summed E-state index contributed by atoms with van der Waals surface area (Å²) in [4.78, 5) is 41.5. The number of urea groups is 1. The first-order chi connectivity index (χ1) is 16.6. The number of aromatic amines is 1. The summed E-state index contributed by atoms with van der Waals surface area (Å²) >= 11 is 0. The number of carbonyl (C=O) groups excluding carboxylic acids is 2. The summed E-state index contributed by atoms with van der Waals surface area (Å²) in [5, 5.41) is 3.21. The average molecular weight is 478 g/mol. The zero-order chi connectivity index (χ0) is 25.1. The van der Waals surface area contributed by atoms with Crippen molar-refractivity contribution in [1.29, 1.82) is 0 Å². The molecule has 0 bridgehead atoms. The van der Waals surface area contributed by atoms with Gasteiger partial charge in [-0.25, -0.2) is 18.5 Å². The molecule has 3 heterocycles. The largest absolute Gasteiger partial charge is 0.454 e. The number of H-pyrrole nitrogens is 1. The monoisotopic (exact) mass is 478 g/mol. The van der Waals surface area contributed by atoms with Crippen LogP contribution in [0.5, 0.6) is 11.5 Å². The van der Waals surface area contributed by atoms with Crippen molar-refractivity contribution in [2.24, 2.45) is 7.05 Å². The molecule has 0 radical (unpaired) electrons. The van der Waals surface area contributed by atoms with Crippen LogP contribution in [0.1, 0.15) is 13.8 Å². The van der Waals surface area contributed by atoms with Crippen molar-refractivity contribution in [3.63, 3.8) is 0 Å². The highest BCUT2D eigenvalue weighted by Gasteiger charge is 2.45. The lowest BCUT2D eigenvalue weighted by Gasteiger charge is -2.18. The van der Waals surface area contributed by atoms with Gasteiger partial charge < -0.3 is 19.6 Å². The van der Waals surface area contributed by atoms with Gasteiger partial charge in [0.15, 0.2) is 11.6 Å². The first-order valence-electron chi connectivity index (χ1n) is 10.7. The van der Waals surface area contributed by atoms with Crippen molar-refractivity contribution in [3.05, 3.63) is 76.8 Å². The van der Waals surface area contributed by atoms with Crippen LogP contribution in [0.3, 0.4) is 0 Å². The molecule has 178 valence electrons. The summed E-state index contributed by atoms with van der Waals surface area (Å²) in [6.45, 7) is 3.19. The van der Waals surface area contributed by atoms with Crippen LogP contribution in [0, 0.1) is 11.6 Å². The SMILES string of the molecule is Cn1cc(-c2cc(N3C(=O)NC(C)(C)C3=O)ccc2Oc2ccc(F)cc2F)c2cc[nH]c(=O)c21. The first kappa shape index (κ1) is 22.3. The van der Waals surface area contributed by atoms with Crippen molar-refractivity contribution in [2.75, 3.05) is 4.90 Å². The Morgan fingerprint density at radius 2 is 1.69 bits per heavy atom. The number of aromatic nitrogens is 2. The van der Waals surface area contributed by atoms with Gasteiger partial charge in [0.1, 0.15) is 22.6 Å². The highest BCUT2D eigenvalue weighted by Crippen LogP contribution is 2.41. The normalized spacial score (nSPS) is 15.1. The molecule has 1 saturated heterocycles. The van der Waals surface area contributed by atoms with Crippen LogP contribution >= 0.6 is 0 Å². The zero-order valence-electron chi connectivity index (χ0n) is 19.0. The molecule has 2 aromatic carbocycles. The molecule has 3 amide bonds. The van der Waals surface area contributed by atoms with E-state index in [-0.39, 0.29) is 22.7 Å². The van der Waals surface area contributed by atoms with E-state index in [0.717, 1.165) is 17.0 Å². The minimum Gasteiger partial charge on any atom is -0.454 e. The fourth-order valence-corrected chi connectivity index (χ4v) is 4.20. The standard InChI is InChI=1S/C25H20F2N4O4/c1-25(2)23(33)31(24(34)29-25)14-5-7-19(35-20-6-4-13(26)10-18(20)27)16(11-14)17-12-30(3)21-15(17)8-9-28-22(21)32/h4-12H,1-3H3,(H,28,32)(H,29,34). The summed E-state index contributed by atoms with van der Waals surface area (Å²) < 4.78 is 35.2. The van der Waals surface area contributed by atoms with Gasteiger partial charge in [-0.05, 0) is 50.2 Å². The van der Waals surface area contributed by atoms with E-state index >= 15 is 0 Å². The number of aryl methyl sites for hydroxylation is 1. The molecule has 2 N–H and O–H groups in total. The number of nitrogens with one attached hydrogen (secondary N) is 2. The molecule has 0 spiro atoms. The number of halogens is 2. The van der Waals surface area contributed by atoms with E-state index in [1.807, 2.05) is 0 Å². The van der Waals surface area contributed by atoms with Gasteiger partial charge in [-0.3, -0.25) is 9.59 Å². The van der Waals surface area contributed by atoms with E-state index in [2.05, 4.69) is 10.3 Å². The maximum Gasteiger partial charge on any atom is 0.329 e. The lowest BCUT2D eigenvalue weighted by Crippen LogP contribution is -2.40. The van der Waals surface area contributed by atoms with E-state index in [1.165, 1.54) is 18.3 Å². The maximum atomic E-state index is 14.4. The molecule has 35 heavy (non-hydrogen) atoms. The highest BCUT2D eigenvalue weighted by atomic mass is 19.1. The van der Waals surface area contributed by atoms with E-state index in [0.29, 0.717) is 28.1 Å². The number of imide groups is 1. The third kappa shape index (κ3) is 3.63. The Labute approximate surface area is 197 Å². The minimum absolute atomic E-state index is 0.179. The molecule has 0 unspecified atom stereocenters. The number of hydrogen-bond acceptors (Lipinski definition) is 4. The number of fused-ring (bicyclic) bond motifs is 1. The van der Waals surface area contributed by atoms with Gasteiger partial charge in [0.05, 0.1) is 5.69 Å². The number of carbonyl (C=O) groups is 2. The second-order valence-corrected chi connectivity index (χ2v) is 8.78. The van der Waals surface area contributed by atoms with Gasteiger partial charge in [0, 0.05) is 42.0 Å². The molecule has 1 aliphatic rings. The average Bonchev–Trinajstić information content (AvgIpc) is 3.23. The van der Waals surface area contributed by atoms with Gasteiger partial charge in [-0.15, -0.1) is 0 Å². The summed E-state index contributed by atoms with van der Waals surface area (Å²) in [6.07, 6.45) is 3.20. The van der Waals surface area contributed by atoms with E-state index < -0.39 is 29.1 Å². The molecule has 0 aliphatic carbocycles. The Kier molecular flexibility index (Phi) is 4.97. The number of amides is 3. The molecule has 4 aromatic rings. The summed E-state index contributed by atoms with van der Waals surface area (Å²) in [5.74, 6) is -2.13. The molecular weight excluding hydrogens is 458 g/mol. The van der Waals surface area contributed by atoms with Crippen molar-refractivity contribution in [1.82, 2.24) is 14.9 Å².